The lowest BCUT2D eigenvalue weighted by Crippen LogP contribution is -2.36. The first-order chi connectivity index (χ1) is 9.35. The molecular formula is C15H23N3O2. The van der Waals surface area contributed by atoms with Crippen LogP contribution in [0.15, 0.2) is 18.2 Å². The van der Waals surface area contributed by atoms with E-state index in [9.17, 15) is 9.59 Å². The summed E-state index contributed by atoms with van der Waals surface area (Å²) in [5.41, 5.74) is 7.92. The molecule has 0 saturated carbocycles. The minimum atomic E-state index is -0.520. The monoisotopic (exact) mass is 277 g/mol. The number of benzene rings is 1. The molecule has 1 unspecified atom stereocenters. The standard InChI is InChI=1S/C15H23N3O2/c1-9(2)7-12(16)15(20)18-13-6-5-11(8-10(13)3)14(19)17-4/h5-6,8-9,12H,7,16H2,1-4H3,(H,17,19)(H,18,20). The van der Waals surface area contributed by atoms with Crippen LogP contribution in [0, 0.1) is 12.8 Å². The van der Waals surface area contributed by atoms with Crippen molar-refractivity contribution in [2.75, 3.05) is 12.4 Å². The van der Waals surface area contributed by atoms with Crippen LogP contribution in [0.1, 0.15) is 36.2 Å². The predicted molar refractivity (Wildman–Crippen MR) is 80.6 cm³/mol. The Morgan fingerprint density at radius 3 is 2.45 bits per heavy atom. The Kier molecular flexibility index (Phi) is 5.70. The van der Waals surface area contributed by atoms with Gasteiger partial charge in [-0.15, -0.1) is 0 Å². The van der Waals surface area contributed by atoms with Gasteiger partial charge < -0.3 is 16.4 Å². The number of hydrogen-bond acceptors (Lipinski definition) is 3. The van der Waals surface area contributed by atoms with E-state index in [0.717, 1.165) is 5.56 Å². The Morgan fingerprint density at radius 2 is 1.95 bits per heavy atom. The van der Waals surface area contributed by atoms with Crippen molar-refractivity contribution >= 4 is 17.5 Å². The molecular weight excluding hydrogens is 254 g/mol. The average Bonchev–Trinajstić information content (AvgIpc) is 2.39. The van der Waals surface area contributed by atoms with Crippen molar-refractivity contribution in [3.63, 3.8) is 0 Å². The van der Waals surface area contributed by atoms with Gasteiger partial charge in [0.1, 0.15) is 0 Å². The lowest BCUT2D eigenvalue weighted by atomic mass is 10.0. The largest absolute Gasteiger partial charge is 0.355 e. The van der Waals surface area contributed by atoms with Gasteiger partial charge in [-0.2, -0.15) is 0 Å². The van der Waals surface area contributed by atoms with Crippen molar-refractivity contribution in [3.05, 3.63) is 29.3 Å². The van der Waals surface area contributed by atoms with Crippen molar-refractivity contribution in [1.29, 1.82) is 0 Å². The van der Waals surface area contributed by atoms with E-state index in [4.69, 9.17) is 5.73 Å². The summed E-state index contributed by atoms with van der Waals surface area (Å²) in [4.78, 5) is 23.5. The molecule has 110 valence electrons. The molecule has 20 heavy (non-hydrogen) atoms. The summed E-state index contributed by atoms with van der Waals surface area (Å²) >= 11 is 0. The van der Waals surface area contributed by atoms with Crippen LogP contribution in [0.4, 0.5) is 5.69 Å². The van der Waals surface area contributed by atoms with Crippen molar-refractivity contribution in [3.8, 4) is 0 Å². The number of anilines is 1. The maximum absolute atomic E-state index is 12.0. The zero-order valence-electron chi connectivity index (χ0n) is 12.5. The fourth-order valence-electron chi connectivity index (χ4n) is 1.93. The number of nitrogens with two attached hydrogens (primary N) is 1. The molecule has 1 atom stereocenters. The summed E-state index contributed by atoms with van der Waals surface area (Å²) in [6.45, 7) is 5.89. The number of rotatable bonds is 5. The topological polar surface area (TPSA) is 84.2 Å². The van der Waals surface area contributed by atoms with E-state index in [2.05, 4.69) is 10.6 Å². The normalized spacial score (nSPS) is 12.1. The number of nitrogens with one attached hydrogen (secondary N) is 2. The second kappa shape index (κ2) is 7.05. The third-order valence-corrected chi connectivity index (χ3v) is 3.04. The van der Waals surface area contributed by atoms with Crippen LogP contribution in [0.2, 0.25) is 0 Å². The van der Waals surface area contributed by atoms with E-state index in [-0.39, 0.29) is 11.8 Å². The van der Waals surface area contributed by atoms with Crippen LogP contribution >= 0.6 is 0 Å². The maximum Gasteiger partial charge on any atom is 0.251 e. The van der Waals surface area contributed by atoms with E-state index in [1.807, 2.05) is 20.8 Å². The summed E-state index contributed by atoms with van der Waals surface area (Å²) in [5, 5.41) is 5.37. The first-order valence-electron chi connectivity index (χ1n) is 6.74. The molecule has 5 heteroatoms. The van der Waals surface area contributed by atoms with Gasteiger partial charge >= 0.3 is 0 Å². The number of carbonyl (C=O) groups is 2. The van der Waals surface area contributed by atoms with Crippen molar-refractivity contribution in [2.45, 2.75) is 33.2 Å². The Balaban J connectivity index is 2.78. The third-order valence-electron chi connectivity index (χ3n) is 3.04. The van der Waals surface area contributed by atoms with E-state index < -0.39 is 6.04 Å². The molecule has 0 bridgehead atoms. The molecule has 0 spiro atoms. The Labute approximate surface area is 119 Å². The van der Waals surface area contributed by atoms with Crippen LogP contribution < -0.4 is 16.4 Å². The third kappa shape index (κ3) is 4.35. The van der Waals surface area contributed by atoms with Crippen LogP contribution in [0.5, 0.6) is 0 Å². The van der Waals surface area contributed by atoms with Crippen molar-refractivity contribution in [1.82, 2.24) is 5.32 Å². The van der Waals surface area contributed by atoms with Gasteiger partial charge in [-0.1, -0.05) is 13.8 Å². The molecule has 0 aromatic heterocycles. The molecule has 5 nitrogen and oxygen atoms in total. The molecule has 0 aliphatic carbocycles. The van der Waals surface area contributed by atoms with E-state index in [0.29, 0.717) is 23.6 Å². The number of hydrogen-bond donors (Lipinski definition) is 3. The second-order valence-corrected chi connectivity index (χ2v) is 5.33. The Morgan fingerprint density at radius 1 is 1.30 bits per heavy atom. The second-order valence-electron chi connectivity index (χ2n) is 5.33. The van der Waals surface area contributed by atoms with Gasteiger partial charge in [-0.3, -0.25) is 9.59 Å². The minimum absolute atomic E-state index is 0.150. The predicted octanol–water partition coefficient (Wildman–Crippen LogP) is 1.67. The molecule has 4 N–H and O–H groups in total. The molecule has 0 radical (unpaired) electrons. The first-order valence-corrected chi connectivity index (χ1v) is 6.74. The average molecular weight is 277 g/mol. The lowest BCUT2D eigenvalue weighted by Gasteiger charge is -2.15. The SMILES string of the molecule is CNC(=O)c1ccc(NC(=O)C(N)CC(C)C)c(C)c1. The molecule has 0 fully saturated rings. The van der Waals surface area contributed by atoms with Gasteiger partial charge in [-0.05, 0) is 43.0 Å². The maximum atomic E-state index is 12.0. The zero-order valence-corrected chi connectivity index (χ0v) is 12.5. The Bertz CT molecular complexity index is 498. The smallest absolute Gasteiger partial charge is 0.251 e. The van der Waals surface area contributed by atoms with Gasteiger partial charge in [-0.25, -0.2) is 0 Å². The molecule has 2 amide bonds. The fourth-order valence-corrected chi connectivity index (χ4v) is 1.93. The highest BCUT2D eigenvalue weighted by Gasteiger charge is 2.16. The van der Waals surface area contributed by atoms with E-state index >= 15 is 0 Å². The fraction of sp³-hybridized carbons (Fsp3) is 0.467. The van der Waals surface area contributed by atoms with Crippen LogP contribution in [0.3, 0.4) is 0 Å². The van der Waals surface area contributed by atoms with Crippen molar-refractivity contribution < 1.29 is 9.59 Å². The number of carbonyl (C=O) groups excluding carboxylic acids is 2. The molecule has 1 aromatic rings. The zero-order chi connectivity index (χ0) is 15.3. The van der Waals surface area contributed by atoms with E-state index in [1.54, 1.807) is 25.2 Å². The Hall–Kier alpha value is -1.88. The highest BCUT2D eigenvalue weighted by Crippen LogP contribution is 2.17. The van der Waals surface area contributed by atoms with Crippen molar-refractivity contribution in [2.24, 2.45) is 11.7 Å². The van der Waals surface area contributed by atoms with E-state index in [1.165, 1.54) is 0 Å². The molecule has 0 heterocycles. The van der Waals surface area contributed by atoms with Crippen LogP contribution in [-0.4, -0.2) is 24.9 Å². The van der Waals surface area contributed by atoms with Gasteiger partial charge in [0.25, 0.3) is 5.91 Å². The van der Waals surface area contributed by atoms with Gasteiger partial charge in [0, 0.05) is 18.3 Å². The molecule has 0 aliphatic rings. The summed E-state index contributed by atoms with van der Waals surface area (Å²) in [6.07, 6.45) is 0.640. The summed E-state index contributed by atoms with van der Waals surface area (Å²) in [5.74, 6) is 0.0180. The lowest BCUT2D eigenvalue weighted by molar-refractivity contribution is -0.117. The molecule has 0 saturated heterocycles. The first kappa shape index (κ1) is 16.2. The summed E-state index contributed by atoms with van der Waals surface area (Å²) in [7, 11) is 1.58. The van der Waals surface area contributed by atoms with Gasteiger partial charge in [0.05, 0.1) is 6.04 Å². The highest BCUT2D eigenvalue weighted by atomic mass is 16.2. The highest BCUT2D eigenvalue weighted by molar-refractivity contribution is 5.97. The summed E-state index contributed by atoms with van der Waals surface area (Å²) < 4.78 is 0. The number of amides is 2. The summed E-state index contributed by atoms with van der Waals surface area (Å²) in [6, 6.07) is 4.62. The molecule has 0 aliphatic heterocycles. The van der Waals surface area contributed by atoms with Gasteiger partial charge in [0.15, 0.2) is 0 Å². The van der Waals surface area contributed by atoms with Gasteiger partial charge in [0.2, 0.25) is 5.91 Å². The number of aryl methyl sites for hydroxylation is 1. The quantitative estimate of drug-likeness (QED) is 0.765. The van der Waals surface area contributed by atoms with Crippen LogP contribution in [0.25, 0.3) is 0 Å². The minimum Gasteiger partial charge on any atom is -0.355 e. The molecule has 1 aromatic carbocycles. The molecule has 1 rings (SSSR count). The van der Waals surface area contributed by atoms with Crippen LogP contribution in [-0.2, 0) is 4.79 Å².